The summed E-state index contributed by atoms with van der Waals surface area (Å²) in [7, 11) is -3.88. The van der Waals surface area contributed by atoms with Crippen LogP contribution in [0.3, 0.4) is 0 Å². The van der Waals surface area contributed by atoms with Gasteiger partial charge < -0.3 is 15.0 Å². The van der Waals surface area contributed by atoms with Crippen molar-refractivity contribution in [1.82, 2.24) is 0 Å². The highest BCUT2D eigenvalue weighted by Gasteiger charge is 2.19. The molecule has 6 nitrogen and oxygen atoms in total. The predicted octanol–water partition coefficient (Wildman–Crippen LogP) is 3.31. The fraction of sp³-hybridized carbons (Fsp3) is 0.190. The number of hydrogen-bond donors (Lipinski definition) is 2. The van der Waals surface area contributed by atoms with Crippen molar-refractivity contribution in [3.63, 3.8) is 0 Å². The largest absolute Gasteiger partial charge is 0.549 e. The average molecular weight is 431 g/mol. The Kier molecular flexibility index (Phi) is 6.04. The number of phenolic OH excluding ortho intramolecular Hbond substituents is 1. The molecule has 8 heteroatoms. The summed E-state index contributed by atoms with van der Waals surface area (Å²) in [6.45, 7) is 4.05. The summed E-state index contributed by atoms with van der Waals surface area (Å²) in [6, 6.07) is 14.8. The number of carbonyl (C=O) groups excluding carboxylic acids is 1. The highest BCUT2D eigenvalue weighted by Crippen LogP contribution is 2.40. The lowest BCUT2D eigenvalue weighted by molar-refractivity contribution is -0.301. The fourth-order valence-corrected chi connectivity index (χ4v) is 4.69. The summed E-state index contributed by atoms with van der Waals surface area (Å²) >= 11 is 0.864. The first kappa shape index (κ1) is 21.0. The molecule has 0 bridgehead atoms. The first-order valence-electron chi connectivity index (χ1n) is 8.89. The number of rotatable bonds is 7. The topological polar surface area (TPSA) is 107 Å². The van der Waals surface area contributed by atoms with Gasteiger partial charge >= 0.3 is 0 Å². The maximum absolute atomic E-state index is 12.9. The second kappa shape index (κ2) is 8.34. The Labute approximate surface area is 173 Å². The lowest BCUT2D eigenvalue weighted by Gasteiger charge is -2.15. The zero-order chi connectivity index (χ0) is 21.2. The zero-order valence-corrected chi connectivity index (χ0v) is 17.5. The number of benzene rings is 3. The van der Waals surface area contributed by atoms with E-state index in [0.29, 0.717) is 10.8 Å². The van der Waals surface area contributed by atoms with Gasteiger partial charge in [0, 0.05) is 16.5 Å². The highest BCUT2D eigenvalue weighted by atomic mass is 32.2. The summed E-state index contributed by atoms with van der Waals surface area (Å²) in [4.78, 5) is 11.2. The van der Waals surface area contributed by atoms with Gasteiger partial charge in [0.1, 0.15) is 5.75 Å². The molecule has 3 rings (SSSR count). The number of fused-ring (bicyclic) bond motifs is 1. The van der Waals surface area contributed by atoms with Crippen molar-refractivity contribution in [3.8, 4) is 5.75 Å². The van der Waals surface area contributed by atoms with Gasteiger partial charge in [-0.15, -0.1) is 11.8 Å². The molecular weight excluding hydrogens is 410 g/mol. The van der Waals surface area contributed by atoms with Gasteiger partial charge in [-0.1, -0.05) is 50.2 Å². The highest BCUT2D eigenvalue weighted by molar-refractivity contribution is 8.00. The van der Waals surface area contributed by atoms with Crippen molar-refractivity contribution in [1.29, 1.82) is 0 Å². The van der Waals surface area contributed by atoms with Crippen molar-refractivity contribution < 1.29 is 23.4 Å². The minimum Gasteiger partial charge on any atom is -0.549 e. The summed E-state index contributed by atoms with van der Waals surface area (Å²) in [5, 5.41) is 22.2. The Bertz CT molecular complexity index is 1160. The van der Waals surface area contributed by atoms with Crippen LogP contribution in [0.1, 0.15) is 25.3 Å². The fourth-order valence-electron chi connectivity index (χ4n) is 2.90. The minimum absolute atomic E-state index is 0.101. The smallest absolute Gasteiger partial charge is 0.261 e. The van der Waals surface area contributed by atoms with Gasteiger partial charge in [0.2, 0.25) is 0 Å². The van der Waals surface area contributed by atoms with Crippen molar-refractivity contribution >= 4 is 44.2 Å². The third kappa shape index (κ3) is 4.65. The van der Waals surface area contributed by atoms with Crippen LogP contribution in [0.15, 0.2) is 64.4 Å². The molecule has 3 aromatic carbocycles. The van der Waals surface area contributed by atoms with Crippen LogP contribution in [-0.4, -0.2) is 25.2 Å². The van der Waals surface area contributed by atoms with Gasteiger partial charge in [-0.2, -0.15) is 0 Å². The Hall–Kier alpha value is -2.71. The van der Waals surface area contributed by atoms with Crippen LogP contribution in [0.5, 0.6) is 5.75 Å². The number of aliphatic carboxylic acids is 1. The Balaban J connectivity index is 2.04. The molecule has 0 radical (unpaired) electrons. The van der Waals surface area contributed by atoms with Gasteiger partial charge in [-0.3, -0.25) is 4.72 Å². The molecule has 0 aliphatic heterocycles. The predicted molar refractivity (Wildman–Crippen MR) is 113 cm³/mol. The summed E-state index contributed by atoms with van der Waals surface area (Å²) in [6.07, 6.45) is 0. The third-order valence-electron chi connectivity index (χ3n) is 4.43. The number of hydrogen-bond acceptors (Lipinski definition) is 6. The van der Waals surface area contributed by atoms with E-state index >= 15 is 0 Å². The molecule has 29 heavy (non-hydrogen) atoms. The number of anilines is 1. The molecule has 152 valence electrons. The zero-order valence-electron chi connectivity index (χ0n) is 15.9. The molecule has 0 spiro atoms. The van der Waals surface area contributed by atoms with E-state index in [1.54, 1.807) is 48.5 Å². The molecular formula is C21H20NO5S2-. The van der Waals surface area contributed by atoms with Gasteiger partial charge in [0.15, 0.2) is 0 Å². The van der Waals surface area contributed by atoms with Crippen LogP contribution in [0, 0.1) is 0 Å². The van der Waals surface area contributed by atoms with Crippen molar-refractivity contribution in [2.24, 2.45) is 0 Å². The number of aromatic hydroxyl groups is 1. The van der Waals surface area contributed by atoms with E-state index in [1.165, 1.54) is 6.07 Å². The van der Waals surface area contributed by atoms with Crippen LogP contribution in [0.4, 0.5) is 5.69 Å². The Morgan fingerprint density at radius 3 is 2.31 bits per heavy atom. The van der Waals surface area contributed by atoms with E-state index in [4.69, 9.17) is 0 Å². The van der Waals surface area contributed by atoms with Crippen LogP contribution in [-0.2, 0) is 14.8 Å². The summed E-state index contributed by atoms with van der Waals surface area (Å²) < 4.78 is 28.4. The SMILES string of the molecule is CC(C)c1ccc(S(=O)(=O)Nc2cc(SCC(=O)[O-])c(O)c3ccccc23)cc1. The lowest BCUT2D eigenvalue weighted by atomic mass is 10.0. The molecule has 0 amide bonds. The molecule has 3 aromatic rings. The number of sulfonamides is 1. The average Bonchev–Trinajstić information content (AvgIpc) is 2.69. The molecule has 0 unspecified atom stereocenters. The molecule has 0 atom stereocenters. The summed E-state index contributed by atoms with van der Waals surface area (Å²) in [5.74, 6) is -1.47. The molecule has 0 heterocycles. The summed E-state index contributed by atoms with van der Waals surface area (Å²) in [5.41, 5.74) is 1.28. The van der Waals surface area contributed by atoms with Crippen molar-refractivity contribution in [2.75, 3.05) is 10.5 Å². The maximum Gasteiger partial charge on any atom is 0.261 e. The molecule has 0 fully saturated rings. The molecule has 2 N–H and O–H groups in total. The van der Waals surface area contributed by atoms with E-state index in [-0.39, 0.29) is 32.9 Å². The van der Waals surface area contributed by atoms with Crippen LogP contribution >= 0.6 is 11.8 Å². The number of carboxylic acids is 1. The Morgan fingerprint density at radius 2 is 1.72 bits per heavy atom. The van der Waals surface area contributed by atoms with Gasteiger partial charge in [0.25, 0.3) is 10.0 Å². The number of carboxylic acid groups (broad SMARTS) is 1. The quantitative estimate of drug-likeness (QED) is 0.440. The lowest BCUT2D eigenvalue weighted by Crippen LogP contribution is -2.24. The van der Waals surface area contributed by atoms with E-state index in [1.807, 2.05) is 13.8 Å². The van der Waals surface area contributed by atoms with Crippen LogP contribution < -0.4 is 9.83 Å². The maximum atomic E-state index is 12.9. The normalized spacial score (nSPS) is 11.7. The van der Waals surface area contributed by atoms with Crippen LogP contribution in [0.25, 0.3) is 10.8 Å². The first-order chi connectivity index (χ1) is 13.7. The number of carbonyl (C=O) groups is 1. The monoisotopic (exact) mass is 430 g/mol. The molecule has 0 saturated heterocycles. The van der Waals surface area contributed by atoms with E-state index in [0.717, 1.165) is 17.3 Å². The standard InChI is InChI=1S/C21H21NO5S2/c1-13(2)14-7-9-15(10-8-14)29(26,27)22-18-11-19(28-12-20(23)24)21(25)17-6-4-3-5-16(17)18/h3-11,13,22,25H,12H2,1-2H3,(H,23,24)/p-1. The molecule has 0 aliphatic rings. The van der Waals surface area contributed by atoms with E-state index < -0.39 is 16.0 Å². The van der Waals surface area contributed by atoms with Crippen molar-refractivity contribution in [3.05, 3.63) is 60.2 Å². The number of nitrogens with one attached hydrogen (secondary N) is 1. The number of phenols is 1. The van der Waals surface area contributed by atoms with Gasteiger partial charge in [-0.25, -0.2) is 8.42 Å². The van der Waals surface area contributed by atoms with Crippen molar-refractivity contribution in [2.45, 2.75) is 29.6 Å². The van der Waals surface area contributed by atoms with E-state index in [2.05, 4.69) is 4.72 Å². The third-order valence-corrected chi connectivity index (χ3v) is 6.81. The molecule has 0 saturated carbocycles. The Morgan fingerprint density at radius 1 is 1.10 bits per heavy atom. The van der Waals surface area contributed by atoms with Gasteiger partial charge in [-0.05, 0) is 29.7 Å². The van der Waals surface area contributed by atoms with Gasteiger partial charge in [0.05, 0.1) is 21.4 Å². The second-order valence-corrected chi connectivity index (χ2v) is 9.51. The molecule has 0 aliphatic carbocycles. The first-order valence-corrected chi connectivity index (χ1v) is 11.4. The van der Waals surface area contributed by atoms with E-state index in [9.17, 15) is 23.4 Å². The molecule has 0 aromatic heterocycles. The van der Waals surface area contributed by atoms with Crippen LogP contribution in [0.2, 0.25) is 0 Å². The second-order valence-electron chi connectivity index (χ2n) is 6.81. The number of thioether (sulfide) groups is 1. The minimum atomic E-state index is -3.88.